The fourth-order valence-corrected chi connectivity index (χ4v) is 1.74. The van der Waals surface area contributed by atoms with Crippen LogP contribution >= 0.6 is 0 Å². The van der Waals surface area contributed by atoms with Gasteiger partial charge in [0.15, 0.2) is 5.82 Å². The zero-order chi connectivity index (χ0) is 13.2. The number of ether oxygens (including phenoxy) is 1. The number of furan rings is 1. The van der Waals surface area contributed by atoms with Gasteiger partial charge in [-0.15, -0.1) is 5.10 Å². The SMILES string of the molecule is COC(=O)Cc1nc2nccc(-c3ccoc3)n2n1. The van der Waals surface area contributed by atoms with Crippen LogP contribution in [0.3, 0.4) is 0 Å². The molecule has 7 heteroatoms. The zero-order valence-electron chi connectivity index (χ0n) is 10.1. The highest BCUT2D eigenvalue weighted by Gasteiger charge is 2.13. The third-order valence-electron chi connectivity index (χ3n) is 2.63. The first kappa shape index (κ1) is 11.4. The predicted molar refractivity (Wildman–Crippen MR) is 64.2 cm³/mol. The summed E-state index contributed by atoms with van der Waals surface area (Å²) in [4.78, 5) is 19.5. The highest BCUT2D eigenvalue weighted by molar-refractivity contribution is 5.71. The van der Waals surface area contributed by atoms with Crippen LogP contribution < -0.4 is 0 Å². The summed E-state index contributed by atoms with van der Waals surface area (Å²) in [5.74, 6) is 0.411. The number of nitrogens with zero attached hydrogens (tertiary/aromatic N) is 4. The molecule has 3 aromatic heterocycles. The third kappa shape index (κ3) is 2.05. The Labute approximate surface area is 107 Å². The van der Waals surface area contributed by atoms with Crippen LogP contribution in [0.25, 0.3) is 17.0 Å². The molecule has 19 heavy (non-hydrogen) atoms. The molecule has 0 N–H and O–H groups in total. The van der Waals surface area contributed by atoms with Crippen molar-refractivity contribution in [3.8, 4) is 11.3 Å². The van der Waals surface area contributed by atoms with Crippen molar-refractivity contribution in [1.82, 2.24) is 19.6 Å². The van der Waals surface area contributed by atoms with Gasteiger partial charge in [0.2, 0.25) is 0 Å². The monoisotopic (exact) mass is 258 g/mol. The minimum absolute atomic E-state index is 0.0185. The largest absolute Gasteiger partial charge is 0.472 e. The smallest absolute Gasteiger partial charge is 0.313 e. The second-order valence-electron chi connectivity index (χ2n) is 3.83. The highest BCUT2D eigenvalue weighted by atomic mass is 16.5. The van der Waals surface area contributed by atoms with Gasteiger partial charge in [-0.3, -0.25) is 4.79 Å². The number of aromatic nitrogens is 4. The van der Waals surface area contributed by atoms with Crippen LogP contribution in [0.1, 0.15) is 5.82 Å². The summed E-state index contributed by atoms with van der Waals surface area (Å²) in [6, 6.07) is 3.62. The van der Waals surface area contributed by atoms with Gasteiger partial charge in [-0.05, 0) is 12.1 Å². The lowest BCUT2D eigenvalue weighted by atomic mass is 10.2. The van der Waals surface area contributed by atoms with Crippen molar-refractivity contribution >= 4 is 11.7 Å². The van der Waals surface area contributed by atoms with Gasteiger partial charge in [0, 0.05) is 11.8 Å². The Morgan fingerprint density at radius 2 is 2.37 bits per heavy atom. The second-order valence-corrected chi connectivity index (χ2v) is 3.83. The molecule has 96 valence electrons. The van der Waals surface area contributed by atoms with Gasteiger partial charge in [0.25, 0.3) is 5.78 Å². The van der Waals surface area contributed by atoms with Crippen molar-refractivity contribution in [2.24, 2.45) is 0 Å². The maximum Gasteiger partial charge on any atom is 0.313 e. The van der Waals surface area contributed by atoms with Crippen LogP contribution in [0, 0.1) is 0 Å². The van der Waals surface area contributed by atoms with Gasteiger partial charge >= 0.3 is 5.97 Å². The number of carbonyl (C=O) groups excluding carboxylic acids is 1. The molecule has 3 rings (SSSR count). The molecular weight excluding hydrogens is 248 g/mol. The number of esters is 1. The number of methoxy groups -OCH3 is 1. The molecule has 0 spiro atoms. The first-order valence-electron chi connectivity index (χ1n) is 5.58. The van der Waals surface area contributed by atoms with Crippen molar-refractivity contribution in [2.45, 2.75) is 6.42 Å². The van der Waals surface area contributed by atoms with E-state index in [0.717, 1.165) is 11.3 Å². The van der Waals surface area contributed by atoms with E-state index in [2.05, 4.69) is 19.8 Å². The van der Waals surface area contributed by atoms with Gasteiger partial charge in [-0.25, -0.2) is 4.98 Å². The lowest BCUT2D eigenvalue weighted by Crippen LogP contribution is -2.06. The topological polar surface area (TPSA) is 82.5 Å². The molecule has 0 aliphatic rings. The standard InChI is InChI=1S/C12H10N4O3/c1-18-11(17)6-10-14-12-13-4-2-9(16(12)15-10)8-3-5-19-7-8/h2-5,7H,6H2,1H3. The molecule has 0 bridgehead atoms. The predicted octanol–water partition coefficient (Wildman–Crippen LogP) is 1.10. The fraction of sp³-hybridized carbons (Fsp3) is 0.167. The van der Waals surface area contributed by atoms with Gasteiger partial charge in [0.1, 0.15) is 6.42 Å². The van der Waals surface area contributed by atoms with E-state index in [1.54, 1.807) is 29.3 Å². The maximum absolute atomic E-state index is 11.2. The lowest BCUT2D eigenvalue weighted by molar-refractivity contribution is -0.139. The maximum atomic E-state index is 11.2. The van der Waals surface area contributed by atoms with E-state index in [-0.39, 0.29) is 12.4 Å². The molecule has 0 radical (unpaired) electrons. The van der Waals surface area contributed by atoms with Crippen LogP contribution in [-0.4, -0.2) is 32.7 Å². The molecule has 0 amide bonds. The summed E-state index contributed by atoms with van der Waals surface area (Å²) in [5, 5.41) is 4.26. The number of fused-ring (bicyclic) bond motifs is 1. The van der Waals surface area contributed by atoms with Gasteiger partial charge in [-0.1, -0.05) is 0 Å². The van der Waals surface area contributed by atoms with Crippen molar-refractivity contribution < 1.29 is 13.9 Å². The Kier molecular flexibility index (Phi) is 2.71. The molecule has 7 nitrogen and oxygen atoms in total. The summed E-state index contributed by atoms with van der Waals surface area (Å²) in [7, 11) is 1.33. The van der Waals surface area contributed by atoms with E-state index in [9.17, 15) is 4.79 Å². The molecule has 3 heterocycles. The van der Waals surface area contributed by atoms with Crippen LogP contribution in [0.2, 0.25) is 0 Å². The first-order valence-corrected chi connectivity index (χ1v) is 5.58. The summed E-state index contributed by atoms with van der Waals surface area (Å²) in [6.45, 7) is 0. The number of carbonyl (C=O) groups is 1. The molecule has 0 fully saturated rings. The molecule has 0 saturated heterocycles. The van der Waals surface area contributed by atoms with Crippen molar-refractivity contribution in [2.75, 3.05) is 7.11 Å². The van der Waals surface area contributed by atoms with E-state index in [1.807, 2.05) is 6.07 Å². The molecule has 0 unspecified atom stereocenters. The van der Waals surface area contributed by atoms with Crippen molar-refractivity contribution in [1.29, 1.82) is 0 Å². The van der Waals surface area contributed by atoms with Crippen LogP contribution in [0.5, 0.6) is 0 Å². The van der Waals surface area contributed by atoms with E-state index >= 15 is 0 Å². The van der Waals surface area contributed by atoms with Crippen LogP contribution in [0.15, 0.2) is 35.3 Å². The number of rotatable bonds is 3. The molecular formula is C12H10N4O3. The molecule has 3 aromatic rings. The van der Waals surface area contributed by atoms with Crippen molar-refractivity contribution in [3.63, 3.8) is 0 Å². The Bertz CT molecular complexity index is 718. The normalized spacial score (nSPS) is 10.8. The van der Waals surface area contributed by atoms with E-state index < -0.39 is 0 Å². The van der Waals surface area contributed by atoms with E-state index in [4.69, 9.17) is 4.42 Å². The fourth-order valence-electron chi connectivity index (χ4n) is 1.74. The highest BCUT2D eigenvalue weighted by Crippen LogP contribution is 2.19. The van der Waals surface area contributed by atoms with Crippen LogP contribution in [0.4, 0.5) is 0 Å². The summed E-state index contributed by atoms with van der Waals surface area (Å²) in [6.07, 6.45) is 4.84. The zero-order valence-corrected chi connectivity index (χ0v) is 10.1. The van der Waals surface area contributed by atoms with Gasteiger partial charge < -0.3 is 9.15 Å². The number of hydrogen-bond donors (Lipinski definition) is 0. The van der Waals surface area contributed by atoms with E-state index in [1.165, 1.54) is 7.11 Å². The molecule has 0 aliphatic heterocycles. The first-order chi connectivity index (χ1) is 9.28. The summed E-state index contributed by atoms with van der Waals surface area (Å²) in [5.41, 5.74) is 1.66. The Morgan fingerprint density at radius 1 is 1.47 bits per heavy atom. The lowest BCUT2D eigenvalue weighted by Gasteiger charge is -1.98. The molecule has 0 aromatic carbocycles. The Morgan fingerprint density at radius 3 is 3.11 bits per heavy atom. The quantitative estimate of drug-likeness (QED) is 0.654. The minimum atomic E-state index is -0.388. The molecule has 0 atom stereocenters. The third-order valence-corrected chi connectivity index (χ3v) is 2.63. The Balaban J connectivity index is 2.08. The Hall–Kier alpha value is -2.70. The average Bonchev–Trinajstić information content (AvgIpc) is 3.06. The number of hydrogen-bond acceptors (Lipinski definition) is 6. The van der Waals surface area contributed by atoms with Gasteiger partial charge in [-0.2, -0.15) is 9.50 Å². The molecule has 0 saturated carbocycles. The van der Waals surface area contributed by atoms with Crippen LogP contribution in [-0.2, 0) is 16.0 Å². The van der Waals surface area contributed by atoms with Gasteiger partial charge in [0.05, 0.1) is 25.3 Å². The molecule has 0 aliphatic carbocycles. The summed E-state index contributed by atoms with van der Waals surface area (Å²) >= 11 is 0. The van der Waals surface area contributed by atoms with E-state index in [0.29, 0.717) is 11.6 Å². The second kappa shape index (κ2) is 4.52. The summed E-state index contributed by atoms with van der Waals surface area (Å²) < 4.78 is 11.2. The average molecular weight is 258 g/mol. The van der Waals surface area contributed by atoms with Crippen molar-refractivity contribution in [3.05, 3.63) is 36.7 Å². The minimum Gasteiger partial charge on any atom is -0.472 e.